The van der Waals surface area contributed by atoms with Crippen LogP contribution in [0.25, 0.3) is 0 Å². The van der Waals surface area contributed by atoms with Crippen molar-refractivity contribution >= 4 is 0 Å². The van der Waals surface area contributed by atoms with Gasteiger partial charge < -0.3 is 10.5 Å². The largest absolute Gasteiger partial charge is 0.488 e. The lowest BCUT2D eigenvalue weighted by Gasteiger charge is -2.25. The topological polar surface area (TPSA) is 35.2 Å². The lowest BCUT2D eigenvalue weighted by molar-refractivity contribution is 0.199. The van der Waals surface area contributed by atoms with Gasteiger partial charge in [-0.25, -0.2) is 0 Å². The summed E-state index contributed by atoms with van der Waals surface area (Å²) in [4.78, 5) is 0. The number of hydrogen-bond acceptors (Lipinski definition) is 2. The van der Waals surface area contributed by atoms with E-state index in [0.717, 1.165) is 12.2 Å². The average Bonchev–Trinajstić information content (AvgIpc) is 2.89. The van der Waals surface area contributed by atoms with Crippen LogP contribution in [0.2, 0.25) is 0 Å². The van der Waals surface area contributed by atoms with E-state index in [1.54, 1.807) is 0 Å². The number of hydrogen-bond donors (Lipinski definition) is 1. The van der Waals surface area contributed by atoms with Crippen LogP contribution in [0.1, 0.15) is 39.4 Å². The van der Waals surface area contributed by atoms with Gasteiger partial charge >= 0.3 is 0 Å². The maximum Gasteiger partial charge on any atom is 0.123 e. The van der Waals surface area contributed by atoms with Gasteiger partial charge in [0.15, 0.2) is 0 Å². The number of rotatable bonds is 2. The third kappa shape index (κ3) is 2.34. The van der Waals surface area contributed by atoms with Crippen molar-refractivity contribution in [1.29, 1.82) is 0 Å². The van der Waals surface area contributed by atoms with Gasteiger partial charge in [0.05, 0.1) is 6.04 Å². The minimum atomic E-state index is -0.0870. The Morgan fingerprint density at radius 3 is 2.29 bits per heavy atom. The van der Waals surface area contributed by atoms with Gasteiger partial charge in [0.1, 0.15) is 11.9 Å². The van der Waals surface area contributed by atoms with Gasteiger partial charge in [-0.2, -0.15) is 0 Å². The van der Waals surface area contributed by atoms with Crippen molar-refractivity contribution in [2.75, 3.05) is 0 Å². The lowest BCUT2D eigenvalue weighted by Crippen LogP contribution is -2.31. The van der Waals surface area contributed by atoms with E-state index in [4.69, 9.17) is 10.5 Å². The first-order valence-electron chi connectivity index (χ1n) is 7.56. The average molecular weight is 281 g/mol. The predicted octanol–water partition coefficient (Wildman–Crippen LogP) is 3.92. The fraction of sp³-hybridized carbons (Fsp3) is 0.368. The van der Waals surface area contributed by atoms with E-state index in [1.807, 2.05) is 12.1 Å². The Balaban J connectivity index is 1.96. The SMILES string of the molecule is Cc1cc(C)c(C)c(C(N)C2Cc3ccccc3O2)c1C. The first-order valence-corrected chi connectivity index (χ1v) is 7.56. The Morgan fingerprint density at radius 2 is 1.67 bits per heavy atom. The van der Waals surface area contributed by atoms with Crippen molar-refractivity contribution in [3.63, 3.8) is 0 Å². The highest BCUT2D eigenvalue weighted by Crippen LogP contribution is 2.36. The molecule has 2 heteroatoms. The Morgan fingerprint density at radius 1 is 1.05 bits per heavy atom. The summed E-state index contributed by atoms with van der Waals surface area (Å²) in [6.07, 6.45) is 0.921. The summed E-state index contributed by atoms with van der Waals surface area (Å²) in [5.74, 6) is 0.984. The monoisotopic (exact) mass is 281 g/mol. The first-order chi connectivity index (χ1) is 9.99. The molecule has 2 unspecified atom stereocenters. The van der Waals surface area contributed by atoms with Gasteiger partial charge in [0, 0.05) is 6.42 Å². The number of fused-ring (bicyclic) bond motifs is 1. The maximum absolute atomic E-state index is 6.59. The fourth-order valence-electron chi connectivity index (χ4n) is 3.34. The zero-order valence-corrected chi connectivity index (χ0v) is 13.2. The Bertz CT molecular complexity index is 639. The van der Waals surface area contributed by atoms with Gasteiger partial charge in [-0.3, -0.25) is 0 Å². The normalized spacial score (nSPS) is 18.2. The van der Waals surface area contributed by atoms with Crippen molar-refractivity contribution in [3.05, 3.63) is 63.7 Å². The van der Waals surface area contributed by atoms with Crippen molar-refractivity contribution in [2.24, 2.45) is 5.73 Å². The summed E-state index contributed by atoms with van der Waals surface area (Å²) in [6.45, 7) is 8.64. The van der Waals surface area contributed by atoms with Gasteiger partial charge in [-0.1, -0.05) is 24.3 Å². The molecular weight excluding hydrogens is 258 g/mol. The van der Waals surface area contributed by atoms with Crippen LogP contribution < -0.4 is 10.5 Å². The number of ether oxygens (including phenoxy) is 1. The van der Waals surface area contributed by atoms with Crippen LogP contribution in [0.3, 0.4) is 0 Å². The number of benzene rings is 2. The molecule has 0 aliphatic carbocycles. The van der Waals surface area contributed by atoms with Crippen molar-refractivity contribution < 1.29 is 4.74 Å². The van der Waals surface area contributed by atoms with Crippen LogP contribution in [0.15, 0.2) is 30.3 Å². The molecule has 2 N–H and O–H groups in total. The smallest absolute Gasteiger partial charge is 0.123 e. The molecular formula is C19H23NO. The van der Waals surface area contributed by atoms with E-state index >= 15 is 0 Å². The maximum atomic E-state index is 6.59. The van der Waals surface area contributed by atoms with Crippen LogP contribution in [0.4, 0.5) is 0 Å². The second kappa shape index (κ2) is 5.19. The molecule has 2 nitrogen and oxygen atoms in total. The molecule has 21 heavy (non-hydrogen) atoms. The summed E-state index contributed by atoms with van der Waals surface area (Å²) in [5, 5.41) is 0. The van der Waals surface area contributed by atoms with Crippen LogP contribution in [0.5, 0.6) is 5.75 Å². The van der Waals surface area contributed by atoms with E-state index in [2.05, 4.69) is 45.9 Å². The van der Waals surface area contributed by atoms with E-state index < -0.39 is 0 Å². The highest BCUT2D eigenvalue weighted by molar-refractivity contribution is 5.47. The Kier molecular flexibility index (Phi) is 3.50. The minimum absolute atomic E-state index is 0.0287. The van der Waals surface area contributed by atoms with Crippen LogP contribution >= 0.6 is 0 Å². The second-order valence-corrected chi connectivity index (χ2v) is 6.17. The standard InChI is InChI=1S/C19H23NO/c1-11-9-12(2)14(4)18(13(11)3)19(20)17-10-15-7-5-6-8-16(15)21-17/h5-9,17,19H,10,20H2,1-4H3. The Hall–Kier alpha value is -1.80. The molecule has 1 aliphatic rings. The summed E-state index contributed by atoms with van der Waals surface area (Å²) in [6, 6.07) is 10.4. The molecule has 3 rings (SSSR count). The van der Waals surface area contributed by atoms with Crippen molar-refractivity contribution in [3.8, 4) is 5.75 Å². The van der Waals surface area contributed by atoms with E-state index in [9.17, 15) is 0 Å². The molecule has 0 saturated carbocycles. The van der Waals surface area contributed by atoms with Crippen LogP contribution in [-0.4, -0.2) is 6.10 Å². The van der Waals surface area contributed by atoms with Crippen LogP contribution in [0, 0.1) is 27.7 Å². The van der Waals surface area contributed by atoms with E-state index in [-0.39, 0.29) is 12.1 Å². The molecule has 0 radical (unpaired) electrons. The molecule has 1 aliphatic heterocycles. The third-order valence-corrected chi connectivity index (χ3v) is 4.83. The molecule has 2 aromatic carbocycles. The summed E-state index contributed by atoms with van der Waals surface area (Å²) >= 11 is 0. The van der Waals surface area contributed by atoms with Crippen molar-refractivity contribution in [2.45, 2.75) is 46.3 Å². The van der Waals surface area contributed by atoms with Crippen molar-refractivity contribution in [1.82, 2.24) is 0 Å². The Labute approximate surface area is 126 Å². The molecule has 1 heterocycles. The predicted molar refractivity (Wildman–Crippen MR) is 86.9 cm³/mol. The molecule has 0 spiro atoms. The third-order valence-electron chi connectivity index (χ3n) is 4.83. The zero-order chi connectivity index (χ0) is 15.1. The molecule has 0 fully saturated rings. The quantitative estimate of drug-likeness (QED) is 0.905. The molecule has 0 bridgehead atoms. The molecule has 0 amide bonds. The van der Waals surface area contributed by atoms with E-state index in [0.29, 0.717) is 0 Å². The fourth-order valence-corrected chi connectivity index (χ4v) is 3.34. The molecule has 0 aromatic heterocycles. The lowest BCUT2D eigenvalue weighted by atomic mass is 9.87. The number of aryl methyl sites for hydroxylation is 2. The van der Waals surface area contributed by atoms with Gasteiger partial charge in [-0.15, -0.1) is 0 Å². The molecule has 0 saturated heterocycles. The van der Waals surface area contributed by atoms with E-state index in [1.165, 1.54) is 33.4 Å². The second-order valence-electron chi connectivity index (χ2n) is 6.17. The number of nitrogens with two attached hydrogens (primary N) is 1. The summed E-state index contributed by atoms with van der Waals surface area (Å²) < 4.78 is 6.09. The minimum Gasteiger partial charge on any atom is -0.488 e. The number of para-hydroxylation sites is 1. The summed E-state index contributed by atoms with van der Waals surface area (Å²) in [7, 11) is 0. The highest BCUT2D eigenvalue weighted by atomic mass is 16.5. The molecule has 110 valence electrons. The highest BCUT2D eigenvalue weighted by Gasteiger charge is 2.31. The summed E-state index contributed by atoms with van der Waals surface area (Å²) in [5.41, 5.74) is 14.3. The van der Waals surface area contributed by atoms with Gasteiger partial charge in [0.25, 0.3) is 0 Å². The van der Waals surface area contributed by atoms with Crippen LogP contribution in [-0.2, 0) is 6.42 Å². The zero-order valence-electron chi connectivity index (χ0n) is 13.2. The van der Waals surface area contributed by atoms with Gasteiger partial charge in [-0.05, 0) is 67.1 Å². The molecule has 2 atom stereocenters. The van der Waals surface area contributed by atoms with Gasteiger partial charge in [0.2, 0.25) is 0 Å². The molecule has 2 aromatic rings. The first kappa shape index (κ1) is 14.2.